The molecule has 1 aliphatic heterocycles. The number of imide groups is 2. The SMILES string of the molecule is CCOc1cc(/C=C2\C(=O)NC(=O)N(c3cccc(C)c3)C2=O)cc(I)c1OCc1ccc([N+](=O)[O-])cc1. The Kier molecular flexibility index (Phi) is 8.05. The molecular weight excluding hydrogens is 605 g/mol. The summed E-state index contributed by atoms with van der Waals surface area (Å²) in [5, 5.41) is 13.1. The summed E-state index contributed by atoms with van der Waals surface area (Å²) in [6.45, 7) is 4.11. The van der Waals surface area contributed by atoms with Crippen LogP contribution in [-0.2, 0) is 16.2 Å². The fourth-order valence-electron chi connectivity index (χ4n) is 3.77. The van der Waals surface area contributed by atoms with E-state index in [1.807, 2.05) is 19.9 Å². The molecule has 10 nitrogen and oxygen atoms in total. The molecule has 3 aromatic carbocycles. The molecule has 4 rings (SSSR count). The minimum atomic E-state index is -0.817. The van der Waals surface area contributed by atoms with E-state index in [1.165, 1.54) is 18.2 Å². The fraction of sp³-hybridized carbons (Fsp3) is 0.148. The van der Waals surface area contributed by atoms with Crippen LogP contribution in [0.1, 0.15) is 23.6 Å². The molecule has 0 aromatic heterocycles. The average molecular weight is 627 g/mol. The fourth-order valence-corrected chi connectivity index (χ4v) is 4.55. The molecule has 0 aliphatic carbocycles. The zero-order chi connectivity index (χ0) is 27.4. The summed E-state index contributed by atoms with van der Waals surface area (Å²) in [6.07, 6.45) is 1.40. The first kappa shape index (κ1) is 26.8. The third-order valence-corrected chi connectivity index (χ3v) is 6.34. The molecule has 1 fully saturated rings. The first-order chi connectivity index (χ1) is 18.2. The van der Waals surface area contributed by atoms with Crippen molar-refractivity contribution in [1.82, 2.24) is 5.32 Å². The summed E-state index contributed by atoms with van der Waals surface area (Å²) in [7, 11) is 0. The van der Waals surface area contributed by atoms with Crippen molar-refractivity contribution in [2.24, 2.45) is 0 Å². The lowest BCUT2D eigenvalue weighted by molar-refractivity contribution is -0.384. The van der Waals surface area contributed by atoms with Gasteiger partial charge in [-0.05, 0) is 95.6 Å². The minimum absolute atomic E-state index is 0.0142. The summed E-state index contributed by atoms with van der Waals surface area (Å²) < 4.78 is 12.4. The topological polar surface area (TPSA) is 128 Å². The van der Waals surface area contributed by atoms with Crippen LogP contribution in [-0.4, -0.2) is 29.4 Å². The van der Waals surface area contributed by atoms with Gasteiger partial charge in [0.25, 0.3) is 17.5 Å². The van der Waals surface area contributed by atoms with Gasteiger partial charge in [0.2, 0.25) is 0 Å². The maximum Gasteiger partial charge on any atom is 0.335 e. The van der Waals surface area contributed by atoms with Gasteiger partial charge in [-0.1, -0.05) is 12.1 Å². The molecule has 0 radical (unpaired) electrons. The molecule has 38 heavy (non-hydrogen) atoms. The van der Waals surface area contributed by atoms with Crippen molar-refractivity contribution in [3.63, 3.8) is 0 Å². The second-order valence-electron chi connectivity index (χ2n) is 8.27. The van der Waals surface area contributed by atoms with Crippen LogP contribution in [0.5, 0.6) is 11.5 Å². The van der Waals surface area contributed by atoms with E-state index in [-0.39, 0.29) is 17.9 Å². The van der Waals surface area contributed by atoms with E-state index in [4.69, 9.17) is 9.47 Å². The number of nitrogens with zero attached hydrogens (tertiary/aromatic N) is 2. The lowest BCUT2D eigenvalue weighted by Crippen LogP contribution is -2.54. The van der Waals surface area contributed by atoms with E-state index >= 15 is 0 Å². The number of nitrogens with one attached hydrogen (secondary N) is 1. The van der Waals surface area contributed by atoms with Crippen LogP contribution in [0.15, 0.2) is 66.2 Å². The summed E-state index contributed by atoms with van der Waals surface area (Å²) in [4.78, 5) is 49.6. The summed E-state index contributed by atoms with van der Waals surface area (Å²) in [5.74, 6) is -0.696. The Morgan fingerprint density at radius 3 is 2.45 bits per heavy atom. The van der Waals surface area contributed by atoms with Crippen molar-refractivity contribution in [2.75, 3.05) is 11.5 Å². The van der Waals surface area contributed by atoms with Crippen LogP contribution in [0.3, 0.4) is 0 Å². The van der Waals surface area contributed by atoms with Gasteiger partial charge in [-0.3, -0.25) is 25.0 Å². The van der Waals surface area contributed by atoms with E-state index in [1.54, 1.807) is 42.5 Å². The smallest absolute Gasteiger partial charge is 0.335 e. The number of hydrogen-bond acceptors (Lipinski definition) is 7. The van der Waals surface area contributed by atoms with Gasteiger partial charge in [-0.25, -0.2) is 9.69 Å². The maximum atomic E-state index is 13.2. The van der Waals surface area contributed by atoms with Crippen molar-refractivity contribution in [3.8, 4) is 11.5 Å². The van der Waals surface area contributed by atoms with E-state index in [0.717, 1.165) is 16.0 Å². The van der Waals surface area contributed by atoms with Gasteiger partial charge in [-0.2, -0.15) is 0 Å². The van der Waals surface area contributed by atoms with E-state index in [9.17, 15) is 24.5 Å². The molecule has 3 aromatic rings. The molecule has 1 aliphatic rings. The number of amides is 4. The van der Waals surface area contributed by atoms with E-state index in [2.05, 4.69) is 27.9 Å². The number of anilines is 1. The van der Waals surface area contributed by atoms with Crippen LogP contribution in [0.25, 0.3) is 6.08 Å². The van der Waals surface area contributed by atoms with Gasteiger partial charge in [0.1, 0.15) is 12.2 Å². The standard InChI is InChI=1S/C27H22IN3O7/c1-3-37-23-14-18(13-22(28)24(23)38-15-17-7-9-19(10-8-17)31(35)36)12-21-25(32)29-27(34)30(26(21)33)20-6-4-5-16(2)11-20/h4-14H,3,15H2,1-2H3,(H,29,32,34)/b21-12+. The number of hydrogen-bond donors (Lipinski definition) is 1. The highest BCUT2D eigenvalue weighted by molar-refractivity contribution is 14.1. The Bertz CT molecular complexity index is 1470. The highest BCUT2D eigenvalue weighted by atomic mass is 127. The third-order valence-electron chi connectivity index (χ3n) is 5.53. The van der Waals surface area contributed by atoms with Gasteiger partial charge in [-0.15, -0.1) is 0 Å². The first-order valence-corrected chi connectivity index (χ1v) is 12.6. The third kappa shape index (κ3) is 5.83. The number of nitro benzene ring substituents is 1. The normalized spacial score (nSPS) is 14.4. The van der Waals surface area contributed by atoms with Gasteiger partial charge in [0.15, 0.2) is 11.5 Å². The second-order valence-corrected chi connectivity index (χ2v) is 9.43. The van der Waals surface area contributed by atoms with Gasteiger partial charge < -0.3 is 9.47 Å². The number of nitro groups is 1. The Morgan fingerprint density at radius 2 is 1.79 bits per heavy atom. The van der Waals surface area contributed by atoms with Crippen LogP contribution in [0, 0.1) is 20.6 Å². The van der Waals surface area contributed by atoms with Crippen LogP contribution in [0.2, 0.25) is 0 Å². The van der Waals surface area contributed by atoms with Gasteiger partial charge >= 0.3 is 6.03 Å². The summed E-state index contributed by atoms with van der Waals surface area (Å²) in [6, 6.07) is 15.4. The number of benzene rings is 3. The Balaban J connectivity index is 1.63. The van der Waals surface area contributed by atoms with Crippen LogP contribution >= 0.6 is 22.6 Å². The van der Waals surface area contributed by atoms with E-state index in [0.29, 0.717) is 32.9 Å². The molecular formula is C27H22IN3O7. The Labute approximate surface area is 231 Å². The number of halogens is 1. The first-order valence-electron chi connectivity index (χ1n) is 11.5. The van der Waals surface area contributed by atoms with Crippen LogP contribution < -0.4 is 19.7 Å². The lowest BCUT2D eigenvalue weighted by Gasteiger charge is -2.26. The molecule has 0 spiro atoms. The number of ether oxygens (including phenoxy) is 2. The maximum absolute atomic E-state index is 13.2. The highest BCUT2D eigenvalue weighted by Crippen LogP contribution is 2.36. The molecule has 0 unspecified atom stereocenters. The number of carbonyl (C=O) groups excluding carboxylic acids is 3. The zero-order valence-electron chi connectivity index (χ0n) is 20.4. The Morgan fingerprint density at radius 1 is 1.05 bits per heavy atom. The number of barbiturate groups is 1. The number of carbonyl (C=O) groups is 3. The highest BCUT2D eigenvalue weighted by Gasteiger charge is 2.37. The molecule has 1 N–H and O–H groups in total. The predicted molar refractivity (Wildman–Crippen MR) is 148 cm³/mol. The van der Waals surface area contributed by atoms with Crippen molar-refractivity contribution < 1.29 is 28.8 Å². The quantitative estimate of drug-likeness (QED) is 0.120. The summed E-state index contributed by atoms with van der Waals surface area (Å²) in [5.41, 5.74) is 2.21. The van der Waals surface area contributed by atoms with Crippen molar-refractivity contribution in [2.45, 2.75) is 20.5 Å². The monoisotopic (exact) mass is 627 g/mol. The summed E-state index contributed by atoms with van der Waals surface area (Å²) >= 11 is 2.06. The molecule has 1 saturated heterocycles. The lowest BCUT2D eigenvalue weighted by atomic mass is 10.1. The number of non-ortho nitro benzene ring substituents is 1. The molecule has 194 valence electrons. The largest absolute Gasteiger partial charge is 0.490 e. The van der Waals surface area contributed by atoms with Crippen molar-refractivity contribution in [3.05, 3.63) is 96.6 Å². The zero-order valence-corrected chi connectivity index (χ0v) is 22.6. The number of aryl methyl sites for hydroxylation is 1. The molecule has 4 amide bonds. The van der Waals surface area contributed by atoms with Crippen molar-refractivity contribution >= 4 is 57.9 Å². The van der Waals surface area contributed by atoms with Crippen molar-refractivity contribution in [1.29, 1.82) is 0 Å². The minimum Gasteiger partial charge on any atom is -0.490 e. The molecule has 11 heteroatoms. The van der Waals surface area contributed by atoms with E-state index < -0.39 is 22.8 Å². The second kappa shape index (κ2) is 11.4. The van der Waals surface area contributed by atoms with Gasteiger partial charge in [0, 0.05) is 12.1 Å². The Hall–Kier alpha value is -4.26. The molecule has 0 saturated carbocycles. The van der Waals surface area contributed by atoms with Gasteiger partial charge in [0.05, 0.1) is 20.8 Å². The average Bonchev–Trinajstić information content (AvgIpc) is 2.86. The molecule has 1 heterocycles. The predicted octanol–water partition coefficient (Wildman–Crippen LogP) is 5.15. The van der Waals surface area contributed by atoms with Crippen LogP contribution in [0.4, 0.5) is 16.2 Å². The number of urea groups is 1. The number of rotatable bonds is 8. The molecule has 0 atom stereocenters. The molecule has 0 bridgehead atoms.